The van der Waals surface area contributed by atoms with Crippen molar-refractivity contribution in [2.75, 3.05) is 24.4 Å². The lowest BCUT2D eigenvalue weighted by atomic mass is 9.88. The first-order valence-electron chi connectivity index (χ1n) is 10.5. The lowest BCUT2D eigenvalue weighted by Crippen LogP contribution is -2.42. The summed E-state index contributed by atoms with van der Waals surface area (Å²) in [5.41, 5.74) is 7.58. The van der Waals surface area contributed by atoms with Crippen molar-refractivity contribution in [2.24, 2.45) is 4.99 Å². The highest BCUT2D eigenvalue weighted by molar-refractivity contribution is 5.92. The van der Waals surface area contributed by atoms with E-state index in [1.807, 2.05) is 60.8 Å². The van der Waals surface area contributed by atoms with Crippen LogP contribution in [0.25, 0.3) is 5.57 Å². The average molecular weight is 412 g/mol. The topological polar surface area (TPSA) is 36.9 Å². The van der Waals surface area contributed by atoms with E-state index in [4.69, 9.17) is 4.74 Å². The predicted octanol–water partition coefficient (Wildman–Crippen LogP) is 6.82. The van der Waals surface area contributed by atoms with Crippen LogP contribution in [-0.4, -0.2) is 25.9 Å². The van der Waals surface area contributed by atoms with Gasteiger partial charge in [-0.05, 0) is 68.8 Å². The number of anilines is 3. The highest BCUT2D eigenvalue weighted by Gasteiger charge is 2.29. The third-order valence-electron chi connectivity index (χ3n) is 5.85. The highest BCUT2D eigenvalue weighted by Crippen LogP contribution is 2.41. The van der Waals surface area contributed by atoms with E-state index in [0.29, 0.717) is 0 Å². The molecule has 0 spiro atoms. The summed E-state index contributed by atoms with van der Waals surface area (Å²) in [6.07, 6.45) is 4.19. The number of likely N-dealkylation sites (N-methyl/N-ethyl adjacent to an activating group) is 1. The fourth-order valence-electron chi connectivity index (χ4n) is 3.93. The second-order valence-electron chi connectivity index (χ2n) is 8.45. The van der Waals surface area contributed by atoms with Crippen LogP contribution in [0.5, 0.6) is 5.75 Å². The number of nitrogens with one attached hydrogen (secondary N) is 1. The second-order valence-corrected chi connectivity index (χ2v) is 8.45. The number of ether oxygens (including phenoxy) is 1. The molecule has 1 heterocycles. The molecular weight excluding hydrogens is 382 g/mol. The minimum absolute atomic E-state index is 0.0345. The molecule has 3 aromatic rings. The summed E-state index contributed by atoms with van der Waals surface area (Å²) in [5.74, 6) is 0.821. The van der Waals surface area contributed by atoms with Crippen LogP contribution in [0.1, 0.15) is 31.9 Å². The summed E-state index contributed by atoms with van der Waals surface area (Å²) in [4.78, 5) is 6.98. The minimum atomic E-state index is -0.0345. The molecule has 0 fully saturated rings. The number of nitrogens with zero attached hydrogens (tertiary/aromatic N) is 2. The predicted molar refractivity (Wildman–Crippen MR) is 133 cm³/mol. The molecule has 0 atom stereocenters. The molecule has 0 aliphatic carbocycles. The van der Waals surface area contributed by atoms with E-state index in [-0.39, 0.29) is 5.54 Å². The smallest absolute Gasteiger partial charge is 0.129 e. The molecule has 1 aliphatic rings. The Morgan fingerprint density at radius 1 is 0.968 bits per heavy atom. The van der Waals surface area contributed by atoms with Gasteiger partial charge in [0.1, 0.15) is 5.75 Å². The van der Waals surface area contributed by atoms with E-state index in [1.165, 1.54) is 16.8 Å². The number of methoxy groups -OCH3 is 1. The van der Waals surface area contributed by atoms with Gasteiger partial charge in [-0.1, -0.05) is 24.3 Å². The fourth-order valence-corrected chi connectivity index (χ4v) is 3.93. The zero-order valence-corrected chi connectivity index (χ0v) is 18.8. The number of aliphatic imine (C=N–C) groups is 1. The van der Waals surface area contributed by atoms with Gasteiger partial charge >= 0.3 is 0 Å². The van der Waals surface area contributed by atoms with Crippen molar-refractivity contribution in [1.82, 2.24) is 0 Å². The fraction of sp³-hybridized carbons (Fsp3) is 0.222. The molecule has 1 N–H and O–H groups in total. The zero-order chi connectivity index (χ0) is 22.0. The summed E-state index contributed by atoms with van der Waals surface area (Å²) in [5, 5.41) is 3.39. The van der Waals surface area contributed by atoms with E-state index in [9.17, 15) is 0 Å². The van der Waals surface area contributed by atoms with E-state index in [0.717, 1.165) is 28.4 Å². The normalized spacial score (nSPS) is 14.9. The first-order chi connectivity index (χ1) is 14.9. The van der Waals surface area contributed by atoms with Crippen molar-refractivity contribution in [2.45, 2.75) is 26.3 Å². The van der Waals surface area contributed by atoms with Crippen LogP contribution in [0.2, 0.25) is 0 Å². The number of benzene rings is 3. The van der Waals surface area contributed by atoms with E-state index >= 15 is 0 Å². The summed E-state index contributed by atoms with van der Waals surface area (Å²) in [6, 6.07) is 22.5. The van der Waals surface area contributed by atoms with Crippen LogP contribution >= 0.6 is 0 Å². The number of rotatable bonds is 5. The molecule has 0 radical (unpaired) electrons. The molecule has 4 nitrogen and oxygen atoms in total. The second kappa shape index (κ2) is 8.31. The molecule has 0 amide bonds. The van der Waals surface area contributed by atoms with Crippen molar-refractivity contribution in [1.29, 1.82) is 0 Å². The maximum absolute atomic E-state index is 5.69. The van der Waals surface area contributed by atoms with E-state index in [2.05, 4.69) is 61.2 Å². The largest absolute Gasteiger partial charge is 0.496 e. The van der Waals surface area contributed by atoms with Crippen molar-refractivity contribution in [3.05, 3.63) is 83.9 Å². The van der Waals surface area contributed by atoms with Crippen LogP contribution in [0.3, 0.4) is 0 Å². The van der Waals surface area contributed by atoms with Crippen molar-refractivity contribution < 1.29 is 4.74 Å². The molecule has 0 unspecified atom stereocenters. The van der Waals surface area contributed by atoms with Gasteiger partial charge in [0, 0.05) is 47.5 Å². The zero-order valence-electron chi connectivity index (χ0n) is 18.8. The molecule has 4 rings (SSSR count). The van der Waals surface area contributed by atoms with Crippen LogP contribution < -0.4 is 15.0 Å². The van der Waals surface area contributed by atoms with Crippen LogP contribution in [-0.2, 0) is 0 Å². The van der Waals surface area contributed by atoms with Gasteiger partial charge in [0.05, 0.1) is 18.3 Å². The van der Waals surface area contributed by atoms with Crippen molar-refractivity contribution in [3.8, 4) is 5.75 Å². The van der Waals surface area contributed by atoms with E-state index in [1.54, 1.807) is 7.11 Å². The molecule has 3 aromatic carbocycles. The Balaban J connectivity index is 1.58. The Kier molecular flexibility index (Phi) is 5.55. The van der Waals surface area contributed by atoms with Gasteiger partial charge in [0.15, 0.2) is 0 Å². The minimum Gasteiger partial charge on any atom is -0.496 e. The summed E-state index contributed by atoms with van der Waals surface area (Å²) < 4.78 is 5.69. The highest BCUT2D eigenvalue weighted by atomic mass is 16.5. The SMILES string of the molecule is COc1cc2c(cc1C=Nc1ccc(Nc3ccccc3)cc1)C(C)=CC(C)(C)N2C. The summed E-state index contributed by atoms with van der Waals surface area (Å²) >= 11 is 0. The van der Waals surface area contributed by atoms with Crippen LogP contribution in [0, 0.1) is 0 Å². The number of hydrogen-bond donors (Lipinski definition) is 1. The van der Waals surface area contributed by atoms with Crippen LogP contribution in [0.15, 0.2) is 77.8 Å². The lowest BCUT2D eigenvalue weighted by molar-refractivity contribution is 0.414. The van der Waals surface area contributed by atoms with Gasteiger partial charge in [-0.3, -0.25) is 4.99 Å². The van der Waals surface area contributed by atoms with Crippen LogP contribution in [0.4, 0.5) is 22.7 Å². The van der Waals surface area contributed by atoms with Gasteiger partial charge in [-0.25, -0.2) is 0 Å². The third kappa shape index (κ3) is 4.33. The molecule has 0 saturated heterocycles. The Labute approximate surface area is 184 Å². The number of hydrogen-bond acceptors (Lipinski definition) is 4. The molecule has 0 bridgehead atoms. The number of allylic oxidation sites excluding steroid dienone is 1. The Bertz CT molecular complexity index is 1130. The maximum Gasteiger partial charge on any atom is 0.129 e. The monoisotopic (exact) mass is 411 g/mol. The standard InChI is InChI=1S/C27H29N3O/c1-19-17-27(2,3)30(4)25-16-26(31-5)20(15-24(19)25)18-28-21-11-13-23(14-12-21)29-22-9-7-6-8-10-22/h6-18,29H,1-5H3. The summed E-state index contributed by atoms with van der Waals surface area (Å²) in [7, 11) is 3.83. The van der Waals surface area contributed by atoms with Gasteiger partial charge < -0.3 is 15.0 Å². The van der Waals surface area contributed by atoms with Gasteiger partial charge in [-0.15, -0.1) is 0 Å². The van der Waals surface area contributed by atoms with E-state index < -0.39 is 0 Å². The van der Waals surface area contributed by atoms with Crippen molar-refractivity contribution >= 4 is 34.5 Å². The molecule has 4 heteroatoms. The Hall–Kier alpha value is -3.53. The van der Waals surface area contributed by atoms with Gasteiger partial charge in [0.2, 0.25) is 0 Å². The lowest BCUT2D eigenvalue weighted by Gasteiger charge is -2.40. The molecular formula is C27H29N3O. The molecule has 0 saturated carbocycles. The third-order valence-corrected chi connectivity index (χ3v) is 5.85. The molecule has 158 valence electrons. The van der Waals surface area contributed by atoms with Gasteiger partial charge in [0.25, 0.3) is 0 Å². The summed E-state index contributed by atoms with van der Waals surface area (Å²) in [6.45, 7) is 6.61. The quantitative estimate of drug-likeness (QED) is 0.468. The first-order valence-corrected chi connectivity index (χ1v) is 10.5. The number of para-hydroxylation sites is 1. The van der Waals surface area contributed by atoms with Crippen molar-refractivity contribution in [3.63, 3.8) is 0 Å². The average Bonchev–Trinajstić information content (AvgIpc) is 2.77. The molecule has 1 aliphatic heterocycles. The molecule has 0 aromatic heterocycles. The first kappa shape index (κ1) is 20.7. The Morgan fingerprint density at radius 2 is 1.65 bits per heavy atom. The van der Waals surface area contributed by atoms with Gasteiger partial charge in [-0.2, -0.15) is 0 Å². The number of fused-ring (bicyclic) bond motifs is 1. The Morgan fingerprint density at radius 3 is 2.32 bits per heavy atom. The maximum atomic E-state index is 5.69. The molecule has 31 heavy (non-hydrogen) atoms.